The summed E-state index contributed by atoms with van der Waals surface area (Å²) in [6.07, 6.45) is 1.86. The third kappa shape index (κ3) is 3.07. The highest BCUT2D eigenvalue weighted by Gasteiger charge is 2.22. The van der Waals surface area contributed by atoms with E-state index in [9.17, 15) is 0 Å². The van der Waals surface area contributed by atoms with Crippen LogP contribution < -0.4 is 5.32 Å². The SMILES string of the molecule is CC1CNCCN1Cc1ncc(C(C)(C)C)o1. The van der Waals surface area contributed by atoms with Gasteiger partial charge in [-0.25, -0.2) is 4.98 Å². The third-order valence-electron chi connectivity index (χ3n) is 3.27. The monoisotopic (exact) mass is 237 g/mol. The van der Waals surface area contributed by atoms with Crippen molar-refractivity contribution >= 4 is 0 Å². The van der Waals surface area contributed by atoms with Gasteiger partial charge in [0.1, 0.15) is 5.76 Å². The van der Waals surface area contributed by atoms with E-state index >= 15 is 0 Å². The van der Waals surface area contributed by atoms with E-state index in [-0.39, 0.29) is 5.41 Å². The van der Waals surface area contributed by atoms with Gasteiger partial charge in [0, 0.05) is 31.1 Å². The maximum atomic E-state index is 5.83. The molecule has 0 aliphatic carbocycles. The van der Waals surface area contributed by atoms with Crippen molar-refractivity contribution in [3.8, 4) is 0 Å². The van der Waals surface area contributed by atoms with E-state index in [4.69, 9.17) is 4.42 Å². The molecule has 2 heterocycles. The summed E-state index contributed by atoms with van der Waals surface area (Å²) in [5.74, 6) is 1.80. The zero-order chi connectivity index (χ0) is 12.5. The van der Waals surface area contributed by atoms with Gasteiger partial charge in [-0.1, -0.05) is 20.8 Å². The third-order valence-corrected chi connectivity index (χ3v) is 3.27. The number of oxazole rings is 1. The van der Waals surface area contributed by atoms with Gasteiger partial charge in [-0.3, -0.25) is 4.90 Å². The van der Waals surface area contributed by atoms with Crippen LogP contribution in [0.2, 0.25) is 0 Å². The number of aromatic nitrogens is 1. The van der Waals surface area contributed by atoms with Crippen molar-refractivity contribution in [1.29, 1.82) is 0 Å². The molecule has 1 aromatic heterocycles. The fourth-order valence-electron chi connectivity index (χ4n) is 2.02. The maximum Gasteiger partial charge on any atom is 0.208 e. The lowest BCUT2D eigenvalue weighted by Gasteiger charge is -2.32. The molecule has 0 radical (unpaired) electrons. The molecule has 1 aromatic rings. The minimum atomic E-state index is 0.0420. The molecular weight excluding hydrogens is 214 g/mol. The first-order chi connectivity index (χ1) is 7.97. The van der Waals surface area contributed by atoms with E-state index in [2.05, 4.69) is 42.9 Å². The molecule has 4 heteroatoms. The Morgan fingerprint density at radius 3 is 2.88 bits per heavy atom. The van der Waals surface area contributed by atoms with Crippen molar-refractivity contribution in [2.24, 2.45) is 0 Å². The molecule has 1 aliphatic rings. The normalized spacial score (nSPS) is 22.9. The summed E-state index contributed by atoms with van der Waals surface area (Å²) in [5, 5.41) is 3.39. The van der Waals surface area contributed by atoms with Gasteiger partial charge in [-0.15, -0.1) is 0 Å². The molecule has 4 nitrogen and oxygen atoms in total. The Morgan fingerprint density at radius 2 is 2.29 bits per heavy atom. The van der Waals surface area contributed by atoms with Crippen LogP contribution in [0.1, 0.15) is 39.3 Å². The van der Waals surface area contributed by atoms with Gasteiger partial charge in [0.2, 0.25) is 5.89 Å². The van der Waals surface area contributed by atoms with Crippen LogP contribution in [0.15, 0.2) is 10.6 Å². The van der Waals surface area contributed by atoms with E-state index < -0.39 is 0 Å². The van der Waals surface area contributed by atoms with Crippen LogP contribution in [0.5, 0.6) is 0 Å². The minimum Gasteiger partial charge on any atom is -0.444 e. The molecule has 1 unspecified atom stereocenters. The highest BCUT2D eigenvalue weighted by Crippen LogP contribution is 2.23. The quantitative estimate of drug-likeness (QED) is 0.851. The molecule has 1 fully saturated rings. The van der Waals surface area contributed by atoms with Crippen molar-refractivity contribution in [3.05, 3.63) is 17.8 Å². The molecule has 0 aromatic carbocycles. The van der Waals surface area contributed by atoms with Crippen molar-refractivity contribution in [2.45, 2.75) is 45.7 Å². The average Bonchev–Trinajstić information content (AvgIpc) is 2.69. The Hall–Kier alpha value is -0.870. The molecule has 0 amide bonds. The molecule has 96 valence electrons. The van der Waals surface area contributed by atoms with Gasteiger partial charge in [0.15, 0.2) is 0 Å². The number of piperazine rings is 1. The van der Waals surface area contributed by atoms with Gasteiger partial charge >= 0.3 is 0 Å². The second-order valence-corrected chi connectivity index (χ2v) is 5.89. The largest absolute Gasteiger partial charge is 0.444 e. The zero-order valence-electron chi connectivity index (χ0n) is 11.3. The van der Waals surface area contributed by atoms with Crippen LogP contribution in [-0.2, 0) is 12.0 Å². The smallest absolute Gasteiger partial charge is 0.208 e. The van der Waals surface area contributed by atoms with E-state index in [1.165, 1.54) is 0 Å². The predicted octanol–water partition coefficient (Wildman–Crippen LogP) is 1.77. The van der Waals surface area contributed by atoms with E-state index in [0.29, 0.717) is 6.04 Å². The molecule has 1 aliphatic heterocycles. The highest BCUT2D eigenvalue weighted by molar-refractivity contribution is 5.06. The second-order valence-electron chi connectivity index (χ2n) is 5.89. The Kier molecular flexibility index (Phi) is 3.54. The molecule has 0 spiro atoms. The Morgan fingerprint density at radius 1 is 1.53 bits per heavy atom. The lowest BCUT2D eigenvalue weighted by atomic mass is 9.94. The Bertz CT molecular complexity index is 367. The van der Waals surface area contributed by atoms with Crippen molar-refractivity contribution in [3.63, 3.8) is 0 Å². The van der Waals surface area contributed by atoms with Gasteiger partial charge in [-0.2, -0.15) is 0 Å². The Balaban J connectivity index is 2.01. The van der Waals surface area contributed by atoms with E-state index in [1.54, 1.807) is 0 Å². The van der Waals surface area contributed by atoms with Gasteiger partial charge in [0.05, 0.1) is 12.7 Å². The van der Waals surface area contributed by atoms with Crippen molar-refractivity contribution in [2.75, 3.05) is 19.6 Å². The van der Waals surface area contributed by atoms with Crippen LogP contribution >= 0.6 is 0 Å². The van der Waals surface area contributed by atoms with Crippen LogP contribution in [0.25, 0.3) is 0 Å². The van der Waals surface area contributed by atoms with Gasteiger partial charge in [0.25, 0.3) is 0 Å². The average molecular weight is 237 g/mol. The first-order valence-electron chi connectivity index (χ1n) is 6.37. The van der Waals surface area contributed by atoms with Crippen molar-refractivity contribution in [1.82, 2.24) is 15.2 Å². The standard InChI is InChI=1S/C13H23N3O/c1-10-7-14-5-6-16(10)9-12-15-8-11(17-12)13(2,3)4/h8,10,14H,5-7,9H2,1-4H3. The molecule has 1 N–H and O–H groups in total. The summed E-state index contributed by atoms with van der Waals surface area (Å²) in [6.45, 7) is 12.7. The lowest BCUT2D eigenvalue weighted by molar-refractivity contribution is 0.149. The number of rotatable bonds is 2. The Labute approximate surface area is 103 Å². The molecule has 1 saturated heterocycles. The van der Waals surface area contributed by atoms with Crippen LogP contribution in [0, 0.1) is 0 Å². The summed E-state index contributed by atoms with van der Waals surface area (Å²) in [4.78, 5) is 6.79. The van der Waals surface area contributed by atoms with Gasteiger partial charge in [-0.05, 0) is 6.92 Å². The first kappa shape index (κ1) is 12.6. The highest BCUT2D eigenvalue weighted by atomic mass is 16.4. The van der Waals surface area contributed by atoms with E-state index in [1.807, 2.05) is 6.20 Å². The second kappa shape index (κ2) is 4.78. The number of nitrogens with one attached hydrogen (secondary N) is 1. The van der Waals surface area contributed by atoms with Crippen molar-refractivity contribution < 1.29 is 4.42 Å². The fraction of sp³-hybridized carbons (Fsp3) is 0.769. The summed E-state index contributed by atoms with van der Waals surface area (Å²) in [5.41, 5.74) is 0.0420. The number of hydrogen-bond acceptors (Lipinski definition) is 4. The fourth-order valence-corrected chi connectivity index (χ4v) is 2.02. The summed E-state index contributed by atoms with van der Waals surface area (Å²) >= 11 is 0. The molecule has 1 atom stereocenters. The molecule has 0 saturated carbocycles. The number of nitrogens with zero attached hydrogens (tertiary/aromatic N) is 2. The maximum absolute atomic E-state index is 5.83. The summed E-state index contributed by atoms with van der Waals surface area (Å²) in [6, 6.07) is 0.550. The van der Waals surface area contributed by atoms with Gasteiger partial charge < -0.3 is 9.73 Å². The summed E-state index contributed by atoms with van der Waals surface area (Å²) in [7, 11) is 0. The summed E-state index contributed by atoms with van der Waals surface area (Å²) < 4.78 is 5.83. The molecular formula is C13H23N3O. The van der Waals surface area contributed by atoms with Crippen LogP contribution in [-0.4, -0.2) is 35.6 Å². The lowest BCUT2D eigenvalue weighted by Crippen LogP contribution is -2.49. The van der Waals surface area contributed by atoms with Crippen LogP contribution in [0.3, 0.4) is 0 Å². The topological polar surface area (TPSA) is 41.3 Å². The molecule has 0 bridgehead atoms. The molecule has 17 heavy (non-hydrogen) atoms. The minimum absolute atomic E-state index is 0.0420. The number of hydrogen-bond donors (Lipinski definition) is 1. The van der Waals surface area contributed by atoms with E-state index in [0.717, 1.165) is 37.8 Å². The zero-order valence-corrected chi connectivity index (χ0v) is 11.3. The molecule has 2 rings (SSSR count). The first-order valence-corrected chi connectivity index (χ1v) is 6.37. The van der Waals surface area contributed by atoms with Crippen LogP contribution in [0.4, 0.5) is 0 Å². The predicted molar refractivity (Wildman–Crippen MR) is 67.9 cm³/mol.